The summed E-state index contributed by atoms with van der Waals surface area (Å²) in [4.78, 5) is 18.2. The molecule has 0 N–H and O–H groups in total. The van der Waals surface area contributed by atoms with E-state index in [9.17, 15) is 4.79 Å². The molecule has 126 valence electrons. The lowest BCUT2D eigenvalue weighted by Gasteiger charge is -2.16. The highest BCUT2D eigenvalue weighted by Crippen LogP contribution is 2.19. The molecule has 2 aromatic heterocycles. The Morgan fingerprint density at radius 2 is 2.12 bits per heavy atom. The van der Waals surface area contributed by atoms with Crippen LogP contribution in [-0.2, 0) is 17.8 Å². The van der Waals surface area contributed by atoms with E-state index < -0.39 is 0 Å². The van der Waals surface area contributed by atoms with E-state index >= 15 is 0 Å². The van der Waals surface area contributed by atoms with Crippen LogP contribution >= 0.6 is 11.3 Å². The highest BCUT2D eigenvalue weighted by atomic mass is 32.1. The molecule has 1 aromatic carbocycles. The molecule has 7 heteroatoms. The second-order valence-electron chi connectivity index (χ2n) is 5.58. The molecule has 0 bridgehead atoms. The number of hydrogen-bond donors (Lipinski definition) is 0. The lowest BCUT2D eigenvalue weighted by Crippen LogP contribution is -2.26. The Hall–Kier alpha value is -2.98. The number of aromatic nitrogens is 2. The number of benzene rings is 1. The topological polar surface area (TPSA) is 83.0 Å². The van der Waals surface area contributed by atoms with Crippen molar-refractivity contribution in [2.75, 3.05) is 7.05 Å². The van der Waals surface area contributed by atoms with Crippen LogP contribution in [0.3, 0.4) is 0 Å². The summed E-state index contributed by atoms with van der Waals surface area (Å²) >= 11 is 1.57. The zero-order chi connectivity index (χ0) is 17.6. The Morgan fingerprint density at radius 1 is 1.32 bits per heavy atom. The van der Waals surface area contributed by atoms with E-state index in [0.717, 1.165) is 11.1 Å². The maximum absolute atomic E-state index is 12.3. The van der Waals surface area contributed by atoms with Crippen molar-refractivity contribution in [2.24, 2.45) is 0 Å². The molecule has 0 aliphatic carbocycles. The van der Waals surface area contributed by atoms with Crippen LogP contribution in [0.2, 0.25) is 0 Å². The predicted molar refractivity (Wildman–Crippen MR) is 93.6 cm³/mol. The van der Waals surface area contributed by atoms with Crippen LogP contribution in [0.5, 0.6) is 0 Å². The van der Waals surface area contributed by atoms with Gasteiger partial charge < -0.3 is 9.42 Å². The van der Waals surface area contributed by atoms with Gasteiger partial charge in [-0.25, -0.2) is 0 Å². The first-order valence-electron chi connectivity index (χ1n) is 7.74. The molecule has 0 aliphatic rings. The van der Waals surface area contributed by atoms with Gasteiger partial charge in [0, 0.05) is 37.4 Å². The lowest BCUT2D eigenvalue weighted by molar-refractivity contribution is -0.130. The number of carbonyl (C=O) groups is 1. The Balaban J connectivity index is 1.52. The SMILES string of the molecule is CN(Cc1ccc(C#N)cc1)C(=O)CCc1nc(-c2ccsc2)no1. The van der Waals surface area contributed by atoms with Crippen molar-refractivity contribution in [3.63, 3.8) is 0 Å². The van der Waals surface area contributed by atoms with Gasteiger partial charge in [-0.2, -0.15) is 21.6 Å². The van der Waals surface area contributed by atoms with Crippen LogP contribution in [0, 0.1) is 11.3 Å². The van der Waals surface area contributed by atoms with E-state index in [1.807, 2.05) is 29.0 Å². The van der Waals surface area contributed by atoms with E-state index in [0.29, 0.717) is 36.7 Å². The zero-order valence-electron chi connectivity index (χ0n) is 13.7. The third kappa shape index (κ3) is 4.31. The van der Waals surface area contributed by atoms with Crippen molar-refractivity contribution in [2.45, 2.75) is 19.4 Å². The van der Waals surface area contributed by atoms with Gasteiger partial charge >= 0.3 is 0 Å². The van der Waals surface area contributed by atoms with Gasteiger partial charge in [-0.15, -0.1) is 0 Å². The second-order valence-corrected chi connectivity index (χ2v) is 6.36. The summed E-state index contributed by atoms with van der Waals surface area (Å²) in [6.45, 7) is 0.495. The Morgan fingerprint density at radius 3 is 2.80 bits per heavy atom. The summed E-state index contributed by atoms with van der Waals surface area (Å²) in [7, 11) is 1.76. The van der Waals surface area contributed by atoms with Gasteiger partial charge in [-0.05, 0) is 29.1 Å². The van der Waals surface area contributed by atoms with Crippen LogP contribution in [0.25, 0.3) is 11.4 Å². The van der Waals surface area contributed by atoms with Gasteiger partial charge in [-0.3, -0.25) is 4.79 Å². The predicted octanol–water partition coefficient (Wildman–Crippen LogP) is 3.26. The number of thiophene rings is 1. The summed E-state index contributed by atoms with van der Waals surface area (Å²) in [5, 5.41) is 16.6. The zero-order valence-corrected chi connectivity index (χ0v) is 14.5. The monoisotopic (exact) mass is 352 g/mol. The molecule has 2 heterocycles. The third-order valence-corrected chi connectivity index (χ3v) is 4.41. The van der Waals surface area contributed by atoms with E-state index in [2.05, 4.69) is 16.2 Å². The van der Waals surface area contributed by atoms with Gasteiger partial charge in [0.2, 0.25) is 17.6 Å². The molecule has 0 atom stereocenters. The smallest absolute Gasteiger partial charge is 0.227 e. The number of nitriles is 1. The summed E-state index contributed by atoms with van der Waals surface area (Å²) in [6.07, 6.45) is 0.714. The molecule has 3 aromatic rings. The van der Waals surface area contributed by atoms with Gasteiger partial charge in [0.15, 0.2) is 0 Å². The Labute approximate surface area is 149 Å². The summed E-state index contributed by atoms with van der Waals surface area (Å²) in [5.74, 6) is 1.01. The fraction of sp³-hybridized carbons (Fsp3) is 0.222. The minimum Gasteiger partial charge on any atom is -0.341 e. The molecule has 3 rings (SSSR count). The van der Waals surface area contributed by atoms with E-state index in [1.165, 1.54) is 0 Å². The van der Waals surface area contributed by atoms with E-state index in [4.69, 9.17) is 9.78 Å². The van der Waals surface area contributed by atoms with Crippen molar-refractivity contribution < 1.29 is 9.32 Å². The van der Waals surface area contributed by atoms with E-state index in [-0.39, 0.29) is 5.91 Å². The molecule has 0 unspecified atom stereocenters. The second kappa shape index (κ2) is 7.73. The van der Waals surface area contributed by atoms with Crippen molar-refractivity contribution in [3.05, 3.63) is 58.1 Å². The minimum atomic E-state index is -0.000331. The summed E-state index contributed by atoms with van der Waals surface area (Å²) < 4.78 is 5.20. The van der Waals surface area contributed by atoms with Gasteiger partial charge in [0.1, 0.15) is 0 Å². The van der Waals surface area contributed by atoms with Crippen LogP contribution in [0.4, 0.5) is 0 Å². The van der Waals surface area contributed by atoms with Crippen LogP contribution < -0.4 is 0 Å². The molecule has 0 saturated carbocycles. The highest BCUT2D eigenvalue weighted by Gasteiger charge is 2.13. The molecule has 25 heavy (non-hydrogen) atoms. The van der Waals surface area contributed by atoms with E-state index in [1.54, 1.807) is 35.4 Å². The standard InChI is InChI=1S/C18H16N4O2S/c1-22(11-14-4-2-13(10-19)3-5-14)17(23)7-6-16-20-18(21-24-16)15-8-9-25-12-15/h2-5,8-9,12H,6-7,11H2,1H3. The Kier molecular flexibility index (Phi) is 5.21. The van der Waals surface area contributed by atoms with Crippen molar-refractivity contribution in [1.82, 2.24) is 15.0 Å². The first kappa shape index (κ1) is 16.9. The summed E-state index contributed by atoms with van der Waals surface area (Å²) in [6, 6.07) is 11.2. The molecule has 0 aliphatic heterocycles. The highest BCUT2D eigenvalue weighted by molar-refractivity contribution is 7.08. The fourth-order valence-corrected chi connectivity index (χ4v) is 2.95. The normalized spacial score (nSPS) is 10.4. The maximum Gasteiger partial charge on any atom is 0.227 e. The lowest BCUT2D eigenvalue weighted by atomic mass is 10.1. The number of aryl methyl sites for hydroxylation is 1. The average molecular weight is 352 g/mol. The number of rotatable bonds is 6. The molecule has 6 nitrogen and oxygen atoms in total. The van der Waals surface area contributed by atoms with Crippen LogP contribution in [0.15, 0.2) is 45.6 Å². The molecule has 1 amide bonds. The van der Waals surface area contributed by atoms with Crippen LogP contribution in [-0.4, -0.2) is 28.0 Å². The fourth-order valence-electron chi connectivity index (χ4n) is 2.32. The number of hydrogen-bond acceptors (Lipinski definition) is 6. The number of carbonyl (C=O) groups excluding carboxylic acids is 1. The first-order valence-corrected chi connectivity index (χ1v) is 8.68. The average Bonchev–Trinajstić information content (AvgIpc) is 3.31. The van der Waals surface area contributed by atoms with Gasteiger partial charge in [0.05, 0.1) is 11.6 Å². The Bertz CT molecular complexity index is 879. The molecular weight excluding hydrogens is 336 g/mol. The quantitative estimate of drug-likeness (QED) is 0.680. The maximum atomic E-state index is 12.3. The third-order valence-electron chi connectivity index (χ3n) is 3.73. The molecule has 0 spiro atoms. The van der Waals surface area contributed by atoms with Crippen LogP contribution in [0.1, 0.15) is 23.4 Å². The molecule has 0 saturated heterocycles. The number of nitrogens with zero attached hydrogens (tertiary/aromatic N) is 4. The van der Waals surface area contributed by atoms with Crippen molar-refractivity contribution >= 4 is 17.2 Å². The largest absolute Gasteiger partial charge is 0.341 e. The molecular formula is C18H16N4O2S. The van der Waals surface area contributed by atoms with Gasteiger partial charge in [0.25, 0.3) is 0 Å². The first-order chi connectivity index (χ1) is 12.2. The summed E-state index contributed by atoms with van der Waals surface area (Å²) in [5.41, 5.74) is 2.51. The minimum absolute atomic E-state index is 0.000331. The van der Waals surface area contributed by atoms with Crippen molar-refractivity contribution in [1.29, 1.82) is 5.26 Å². The molecule has 0 fully saturated rings. The number of amides is 1. The molecule has 0 radical (unpaired) electrons. The van der Waals surface area contributed by atoms with Crippen molar-refractivity contribution in [3.8, 4) is 17.5 Å². The van der Waals surface area contributed by atoms with Gasteiger partial charge in [-0.1, -0.05) is 17.3 Å².